The number of nitrogens with zero attached hydrogens (tertiary/aromatic N) is 1. The van der Waals surface area contributed by atoms with Gasteiger partial charge in [-0.05, 0) is 50.2 Å². The Bertz CT molecular complexity index is 729. The molecule has 2 rings (SSSR count). The standard InChI is InChI=1S/C16H18FNO3S/c1-3-18(15-7-5-6-8-16(15)21-4-2)22(19,20)14-11-9-13(17)10-12-14/h5-12H,3-4H2,1-2H3. The van der Waals surface area contributed by atoms with E-state index in [1.165, 1.54) is 16.4 Å². The van der Waals surface area contributed by atoms with E-state index in [4.69, 9.17) is 4.74 Å². The number of benzene rings is 2. The van der Waals surface area contributed by atoms with E-state index in [9.17, 15) is 12.8 Å². The summed E-state index contributed by atoms with van der Waals surface area (Å²) >= 11 is 0. The van der Waals surface area contributed by atoms with Gasteiger partial charge in [-0.25, -0.2) is 12.8 Å². The van der Waals surface area contributed by atoms with Crippen molar-refractivity contribution in [1.29, 1.82) is 0 Å². The van der Waals surface area contributed by atoms with Crippen molar-refractivity contribution < 1.29 is 17.5 Å². The molecule has 0 N–H and O–H groups in total. The number of ether oxygens (including phenoxy) is 1. The lowest BCUT2D eigenvalue weighted by molar-refractivity contribution is 0.341. The number of hydrogen-bond donors (Lipinski definition) is 0. The summed E-state index contributed by atoms with van der Waals surface area (Å²) in [6.07, 6.45) is 0. The first-order valence-corrected chi connectivity index (χ1v) is 8.44. The molecule has 2 aromatic rings. The van der Waals surface area contributed by atoms with Gasteiger partial charge in [0.2, 0.25) is 0 Å². The van der Waals surface area contributed by atoms with Crippen molar-refractivity contribution in [2.75, 3.05) is 17.5 Å². The molecule has 0 heterocycles. The average Bonchev–Trinajstić information content (AvgIpc) is 2.50. The van der Waals surface area contributed by atoms with Crippen LogP contribution in [0.2, 0.25) is 0 Å². The van der Waals surface area contributed by atoms with Gasteiger partial charge in [-0.1, -0.05) is 12.1 Å². The number of halogens is 1. The van der Waals surface area contributed by atoms with E-state index < -0.39 is 15.8 Å². The summed E-state index contributed by atoms with van der Waals surface area (Å²) in [6, 6.07) is 11.7. The van der Waals surface area contributed by atoms with Gasteiger partial charge in [0.05, 0.1) is 17.2 Å². The van der Waals surface area contributed by atoms with Crippen molar-refractivity contribution in [1.82, 2.24) is 0 Å². The van der Waals surface area contributed by atoms with Gasteiger partial charge in [0.25, 0.3) is 10.0 Å². The average molecular weight is 323 g/mol. The number of sulfonamides is 1. The molecule has 4 nitrogen and oxygen atoms in total. The van der Waals surface area contributed by atoms with Crippen LogP contribution < -0.4 is 9.04 Å². The zero-order valence-corrected chi connectivity index (χ0v) is 13.3. The van der Waals surface area contributed by atoms with Crippen LogP contribution in [0.3, 0.4) is 0 Å². The van der Waals surface area contributed by atoms with Crippen LogP contribution in [0.25, 0.3) is 0 Å². The lowest BCUT2D eigenvalue weighted by Gasteiger charge is -2.25. The summed E-state index contributed by atoms with van der Waals surface area (Å²) in [6.45, 7) is 4.25. The predicted molar refractivity (Wildman–Crippen MR) is 84.2 cm³/mol. The van der Waals surface area contributed by atoms with Gasteiger partial charge < -0.3 is 4.74 Å². The quantitative estimate of drug-likeness (QED) is 0.818. The summed E-state index contributed by atoms with van der Waals surface area (Å²) in [5.41, 5.74) is 0.469. The van der Waals surface area contributed by atoms with Crippen LogP contribution in [-0.4, -0.2) is 21.6 Å². The van der Waals surface area contributed by atoms with E-state index >= 15 is 0 Å². The van der Waals surface area contributed by atoms with E-state index in [0.29, 0.717) is 18.0 Å². The summed E-state index contributed by atoms with van der Waals surface area (Å²) in [5.74, 6) is 0.0225. The van der Waals surface area contributed by atoms with Crippen molar-refractivity contribution in [2.45, 2.75) is 18.7 Å². The summed E-state index contributed by atoms with van der Waals surface area (Å²) in [7, 11) is -3.78. The molecule has 0 aliphatic carbocycles. The minimum Gasteiger partial charge on any atom is -0.492 e. The van der Waals surface area contributed by atoms with Crippen LogP contribution in [0, 0.1) is 5.82 Å². The largest absolute Gasteiger partial charge is 0.492 e. The van der Waals surface area contributed by atoms with Gasteiger partial charge >= 0.3 is 0 Å². The molecule has 0 unspecified atom stereocenters. The topological polar surface area (TPSA) is 46.6 Å². The normalized spacial score (nSPS) is 11.2. The van der Waals surface area contributed by atoms with Crippen LogP contribution in [0.5, 0.6) is 5.75 Å². The highest BCUT2D eigenvalue weighted by Gasteiger charge is 2.25. The number of anilines is 1. The fourth-order valence-electron chi connectivity index (χ4n) is 2.14. The van der Waals surface area contributed by atoms with Gasteiger partial charge in [-0.3, -0.25) is 4.31 Å². The molecule has 0 aromatic heterocycles. The van der Waals surface area contributed by atoms with E-state index in [0.717, 1.165) is 12.1 Å². The fraction of sp³-hybridized carbons (Fsp3) is 0.250. The van der Waals surface area contributed by atoms with Crippen LogP contribution in [0.15, 0.2) is 53.4 Å². The Morgan fingerprint density at radius 3 is 2.27 bits per heavy atom. The highest BCUT2D eigenvalue weighted by atomic mass is 32.2. The number of rotatable bonds is 6. The van der Waals surface area contributed by atoms with Crippen LogP contribution in [0.4, 0.5) is 10.1 Å². The first kappa shape index (κ1) is 16.3. The Morgan fingerprint density at radius 1 is 1.05 bits per heavy atom. The Morgan fingerprint density at radius 2 is 1.68 bits per heavy atom. The second kappa shape index (κ2) is 6.79. The Hall–Kier alpha value is -2.08. The SMILES string of the molecule is CCOc1ccccc1N(CC)S(=O)(=O)c1ccc(F)cc1. The molecule has 0 atom stereocenters. The molecule has 0 bridgehead atoms. The fourth-order valence-corrected chi connectivity index (χ4v) is 3.63. The number of para-hydroxylation sites is 2. The van der Waals surface area contributed by atoms with E-state index in [2.05, 4.69) is 0 Å². The zero-order chi connectivity index (χ0) is 16.2. The lowest BCUT2D eigenvalue weighted by Crippen LogP contribution is -2.31. The molecule has 0 amide bonds. The Labute approximate surface area is 130 Å². The van der Waals surface area contributed by atoms with E-state index in [1.807, 2.05) is 6.92 Å². The maximum Gasteiger partial charge on any atom is 0.264 e. The predicted octanol–water partition coefficient (Wildman–Crippen LogP) is 3.44. The molecular formula is C16H18FNO3S. The molecule has 118 valence electrons. The monoisotopic (exact) mass is 323 g/mol. The van der Waals surface area contributed by atoms with Crippen molar-refractivity contribution in [3.63, 3.8) is 0 Å². The van der Waals surface area contributed by atoms with Crippen LogP contribution >= 0.6 is 0 Å². The molecule has 0 aliphatic heterocycles. The van der Waals surface area contributed by atoms with Gasteiger partial charge in [0, 0.05) is 6.54 Å². The molecule has 0 spiro atoms. The first-order valence-electron chi connectivity index (χ1n) is 7.00. The van der Waals surface area contributed by atoms with Gasteiger partial charge in [0.1, 0.15) is 11.6 Å². The first-order chi connectivity index (χ1) is 10.5. The lowest BCUT2D eigenvalue weighted by atomic mass is 10.3. The second-order valence-corrected chi connectivity index (χ2v) is 6.39. The highest BCUT2D eigenvalue weighted by Crippen LogP contribution is 2.32. The van der Waals surface area contributed by atoms with Crippen LogP contribution in [-0.2, 0) is 10.0 Å². The van der Waals surface area contributed by atoms with E-state index in [1.54, 1.807) is 31.2 Å². The third kappa shape index (κ3) is 3.22. The van der Waals surface area contributed by atoms with Crippen molar-refractivity contribution in [3.05, 3.63) is 54.3 Å². The second-order valence-electron chi connectivity index (χ2n) is 4.52. The number of hydrogen-bond acceptors (Lipinski definition) is 3. The summed E-state index contributed by atoms with van der Waals surface area (Å²) in [5, 5.41) is 0. The van der Waals surface area contributed by atoms with Crippen molar-refractivity contribution >= 4 is 15.7 Å². The third-order valence-electron chi connectivity index (χ3n) is 3.12. The summed E-state index contributed by atoms with van der Waals surface area (Å²) < 4.78 is 45.3. The van der Waals surface area contributed by atoms with Gasteiger partial charge in [-0.15, -0.1) is 0 Å². The molecule has 0 saturated heterocycles. The minimum atomic E-state index is -3.78. The van der Waals surface area contributed by atoms with E-state index in [-0.39, 0.29) is 11.4 Å². The highest BCUT2D eigenvalue weighted by molar-refractivity contribution is 7.92. The van der Waals surface area contributed by atoms with Gasteiger partial charge in [-0.2, -0.15) is 0 Å². The van der Waals surface area contributed by atoms with Crippen LogP contribution in [0.1, 0.15) is 13.8 Å². The summed E-state index contributed by atoms with van der Waals surface area (Å²) in [4.78, 5) is 0.0436. The molecule has 0 aliphatic rings. The zero-order valence-electron chi connectivity index (χ0n) is 12.5. The molecule has 0 saturated carbocycles. The maximum atomic E-state index is 13.0. The minimum absolute atomic E-state index is 0.0436. The molecule has 22 heavy (non-hydrogen) atoms. The van der Waals surface area contributed by atoms with Crippen molar-refractivity contribution in [3.8, 4) is 5.75 Å². The maximum absolute atomic E-state index is 13.0. The van der Waals surface area contributed by atoms with Gasteiger partial charge in [0.15, 0.2) is 0 Å². The van der Waals surface area contributed by atoms with Crippen molar-refractivity contribution in [2.24, 2.45) is 0 Å². The smallest absolute Gasteiger partial charge is 0.264 e. The molecule has 2 aromatic carbocycles. The molecular weight excluding hydrogens is 305 g/mol. The Kier molecular flexibility index (Phi) is 5.03. The Balaban J connectivity index is 2.49. The molecule has 6 heteroatoms. The molecule has 0 radical (unpaired) electrons. The molecule has 0 fully saturated rings. The third-order valence-corrected chi connectivity index (χ3v) is 5.03.